The highest BCUT2D eigenvalue weighted by molar-refractivity contribution is 7.15. The third kappa shape index (κ3) is 3.51. The molecule has 5 nitrogen and oxygen atoms in total. The Balaban J connectivity index is 2.02. The molecule has 0 aliphatic carbocycles. The van der Waals surface area contributed by atoms with Gasteiger partial charge in [0, 0.05) is 5.41 Å². The number of rotatable bonds is 2. The topological polar surface area (TPSA) is 66.9 Å². The van der Waals surface area contributed by atoms with Crippen LogP contribution >= 0.6 is 11.3 Å². The smallest absolute Gasteiger partial charge is 0.305 e. The highest BCUT2D eigenvalue weighted by Gasteiger charge is 2.20. The van der Waals surface area contributed by atoms with Crippen LogP contribution in [0.3, 0.4) is 0 Å². The predicted octanol–water partition coefficient (Wildman–Crippen LogP) is 3.62. The Labute approximate surface area is 120 Å². The number of benzene rings is 1. The molecule has 1 aromatic carbocycles. The fourth-order valence-corrected chi connectivity index (χ4v) is 2.19. The van der Waals surface area contributed by atoms with Crippen molar-refractivity contribution in [3.05, 3.63) is 35.1 Å². The summed E-state index contributed by atoms with van der Waals surface area (Å²) in [6.45, 7) is 6.03. The molecule has 2 amide bonds. The number of carbonyl (C=O) groups excluding carboxylic acids is 1. The lowest BCUT2D eigenvalue weighted by atomic mass is 9.98. The van der Waals surface area contributed by atoms with E-state index in [1.54, 1.807) is 12.1 Å². The van der Waals surface area contributed by atoms with Gasteiger partial charge in [-0.1, -0.05) is 44.2 Å². The third-order valence-electron chi connectivity index (χ3n) is 2.41. The van der Waals surface area contributed by atoms with Gasteiger partial charge in [-0.15, -0.1) is 10.2 Å². The summed E-state index contributed by atoms with van der Waals surface area (Å²) < 4.78 is 13.4. The number of amides is 2. The van der Waals surface area contributed by atoms with Crippen molar-refractivity contribution in [3.8, 4) is 0 Å². The highest BCUT2D eigenvalue weighted by Crippen LogP contribution is 2.27. The van der Waals surface area contributed by atoms with Gasteiger partial charge in [0.2, 0.25) is 5.13 Å². The Kier molecular flexibility index (Phi) is 3.99. The SMILES string of the molecule is CC(C)(C)c1nnc(NC(=O)Nc2ccccc2F)s1. The van der Waals surface area contributed by atoms with Crippen molar-refractivity contribution < 1.29 is 9.18 Å². The Morgan fingerprint density at radius 3 is 2.50 bits per heavy atom. The van der Waals surface area contributed by atoms with E-state index in [0.29, 0.717) is 5.13 Å². The van der Waals surface area contributed by atoms with E-state index in [0.717, 1.165) is 5.01 Å². The quantitative estimate of drug-likeness (QED) is 0.889. The summed E-state index contributed by atoms with van der Waals surface area (Å²) in [5.74, 6) is -0.490. The van der Waals surface area contributed by atoms with E-state index < -0.39 is 11.8 Å². The van der Waals surface area contributed by atoms with Crippen LogP contribution in [-0.4, -0.2) is 16.2 Å². The molecule has 0 bridgehead atoms. The van der Waals surface area contributed by atoms with Crippen molar-refractivity contribution in [1.82, 2.24) is 10.2 Å². The normalized spacial score (nSPS) is 11.2. The molecule has 20 heavy (non-hydrogen) atoms. The molecule has 1 aromatic heterocycles. The number of urea groups is 1. The molecular formula is C13H15FN4OS. The molecule has 0 saturated carbocycles. The molecule has 2 rings (SSSR count). The fraction of sp³-hybridized carbons (Fsp3) is 0.308. The van der Waals surface area contributed by atoms with Gasteiger partial charge in [-0.05, 0) is 12.1 Å². The van der Waals surface area contributed by atoms with E-state index in [1.807, 2.05) is 20.8 Å². The molecule has 0 radical (unpaired) electrons. The molecule has 106 valence electrons. The second-order valence-electron chi connectivity index (χ2n) is 5.22. The Hall–Kier alpha value is -2.02. The van der Waals surface area contributed by atoms with Crippen molar-refractivity contribution in [3.63, 3.8) is 0 Å². The van der Waals surface area contributed by atoms with Crippen molar-refractivity contribution in [2.75, 3.05) is 10.6 Å². The standard InChI is InChI=1S/C13H15FN4OS/c1-13(2,3)10-17-18-12(20-10)16-11(19)15-9-7-5-4-6-8(9)14/h4-7H,1-3H3,(H2,15,16,18,19). The number of para-hydroxylation sites is 1. The molecule has 0 fully saturated rings. The van der Waals surface area contributed by atoms with Crippen LogP contribution in [0.4, 0.5) is 20.0 Å². The summed E-state index contributed by atoms with van der Waals surface area (Å²) in [6, 6.07) is 5.40. The number of hydrogen-bond donors (Lipinski definition) is 2. The molecule has 1 heterocycles. The maximum atomic E-state index is 13.4. The number of nitrogens with one attached hydrogen (secondary N) is 2. The van der Waals surface area contributed by atoms with Crippen LogP contribution in [-0.2, 0) is 5.41 Å². The summed E-state index contributed by atoms with van der Waals surface area (Å²) in [6.07, 6.45) is 0. The van der Waals surface area contributed by atoms with Gasteiger partial charge in [0.25, 0.3) is 0 Å². The third-order valence-corrected chi connectivity index (χ3v) is 3.67. The lowest BCUT2D eigenvalue weighted by Crippen LogP contribution is -2.19. The largest absolute Gasteiger partial charge is 0.325 e. The van der Waals surface area contributed by atoms with Crippen molar-refractivity contribution in [2.24, 2.45) is 0 Å². The molecule has 2 N–H and O–H groups in total. The highest BCUT2D eigenvalue weighted by atomic mass is 32.1. The van der Waals surface area contributed by atoms with Gasteiger partial charge < -0.3 is 5.32 Å². The molecular weight excluding hydrogens is 279 g/mol. The van der Waals surface area contributed by atoms with Gasteiger partial charge in [0.1, 0.15) is 10.8 Å². The van der Waals surface area contributed by atoms with Crippen molar-refractivity contribution in [2.45, 2.75) is 26.2 Å². The lowest BCUT2D eigenvalue weighted by molar-refractivity contribution is 0.262. The zero-order valence-corrected chi connectivity index (χ0v) is 12.2. The average Bonchev–Trinajstić information content (AvgIpc) is 2.80. The van der Waals surface area contributed by atoms with Gasteiger partial charge in [-0.3, -0.25) is 5.32 Å². The van der Waals surface area contributed by atoms with Gasteiger partial charge in [-0.2, -0.15) is 0 Å². The van der Waals surface area contributed by atoms with Crippen molar-refractivity contribution in [1.29, 1.82) is 0 Å². The monoisotopic (exact) mass is 294 g/mol. The number of carbonyl (C=O) groups is 1. The van der Waals surface area contributed by atoms with Crippen molar-refractivity contribution >= 4 is 28.2 Å². The van der Waals surface area contributed by atoms with E-state index in [2.05, 4.69) is 20.8 Å². The second-order valence-corrected chi connectivity index (χ2v) is 6.20. The maximum absolute atomic E-state index is 13.4. The number of aromatic nitrogens is 2. The van der Waals surface area contributed by atoms with Crippen LogP contribution in [0.2, 0.25) is 0 Å². The van der Waals surface area contributed by atoms with Crippen LogP contribution in [0.15, 0.2) is 24.3 Å². The fourth-order valence-electron chi connectivity index (χ4n) is 1.39. The summed E-state index contributed by atoms with van der Waals surface area (Å²) in [5.41, 5.74) is -0.00913. The minimum Gasteiger partial charge on any atom is -0.305 e. The molecule has 2 aromatic rings. The first-order chi connectivity index (χ1) is 9.36. The molecule has 0 saturated heterocycles. The molecule has 0 unspecified atom stereocenters. The van der Waals surface area contributed by atoms with Crippen LogP contribution in [0.5, 0.6) is 0 Å². The molecule has 7 heteroatoms. The van der Waals surface area contributed by atoms with Gasteiger partial charge in [0.15, 0.2) is 0 Å². The Morgan fingerprint density at radius 2 is 1.90 bits per heavy atom. The number of anilines is 2. The molecule has 0 aliphatic rings. The zero-order chi connectivity index (χ0) is 14.8. The summed E-state index contributed by atoms with van der Waals surface area (Å²) in [7, 11) is 0. The first kappa shape index (κ1) is 14.4. The predicted molar refractivity (Wildman–Crippen MR) is 77.7 cm³/mol. The minimum atomic E-state index is -0.549. The van der Waals surface area contributed by atoms with E-state index in [9.17, 15) is 9.18 Å². The van der Waals surface area contributed by atoms with E-state index in [-0.39, 0.29) is 11.1 Å². The Morgan fingerprint density at radius 1 is 1.20 bits per heavy atom. The second kappa shape index (κ2) is 5.54. The number of nitrogens with zero attached hydrogens (tertiary/aromatic N) is 2. The van der Waals surface area contributed by atoms with Crippen LogP contribution in [0.25, 0.3) is 0 Å². The van der Waals surface area contributed by atoms with E-state index in [4.69, 9.17) is 0 Å². The summed E-state index contributed by atoms with van der Waals surface area (Å²) in [4.78, 5) is 11.7. The maximum Gasteiger partial charge on any atom is 0.325 e. The minimum absolute atomic E-state index is 0.116. The lowest BCUT2D eigenvalue weighted by Gasteiger charge is -2.12. The average molecular weight is 294 g/mol. The van der Waals surface area contributed by atoms with Gasteiger partial charge in [0.05, 0.1) is 5.69 Å². The van der Waals surface area contributed by atoms with Gasteiger partial charge >= 0.3 is 6.03 Å². The molecule has 0 atom stereocenters. The molecule has 0 aliphatic heterocycles. The first-order valence-electron chi connectivity index (χ1n) is 6.03. The first-order valence-corrected chi connectivity index (χ1v) is 6.84. The zero-order valence-electron chi connectivity index (χ0n) is 11.4. The van der Waals surface area contributed by atoms with E-state index >= 15 is 0 Å². The molecule has 0 spiro atoms. The van der Waals surface area contributed by atoms with Crippen LogP contribution in [0.1, 0.15) is 25.8 Å². The van der Waals surface area contributed by atoms with E-state index in [1.165, 1.54) is 23.5 Å². The number of halogens is 1. The number of hydrogen-bond acceptors (Lipinski definition) is 4. The van der Waals surface area contributed by atoms with Gasteiger partial charge in [-0.25, -0.2) is 9.18 Å². The van der Waals surface area contributed by atoms with Crippen LogP contribution < -0.4 is 10.6 Å². The Bertz CT molecular complexity index is 621. The summed E-state index contributed by atoms with van der Waals surface area (Å²) >= 11 is 1.29. The summed E-state index contributed by atoms with van der Waals surface area (Å²) in [5, 5.41) is 14.1. The van der Waals surface area contributed by atoms with Crippen LogP contribution in [0, 0.1) is 5.82 Å².